The topological polar surface area (TPSA) is 50.8 Å². The minimum Gasteiger partial charge on any atom is -0.497 e. The van der Waals surface area contributed by atoms with Crippen molar-refractivity contribution >= 4 is 5.91 Å². The minimum atomic E-state index is -0.473. The summed E-state index contributed by atoms with van der Waals surface area (Å²) in [5, 5.41) is 3.02. The zero-order valence-electron chi connectivity index (χ0n) is 16.0. The van der Waals surface area contributed by atoms with Crippen LogP contribution in [0.4, 0.5) is 0 Å². The number of carbonyl (C=O) groups is 1. The average Bonchev–Trinajstić information content (AvgIpc) is 2.64. The number of hydrogen-bond acceptors (Lipinski definition) is 4. The summed E-state index contributed by atoms with van der Waals surface area (Å²) in [5.74, 6) is 1.49. The molecule has 1 aromatic carbocycles. The smallest absolute Gasteiger partial charge is 0.248 e. The fourth-order valence-corrected chi connectivity index (χ4v) is 3.21. The van der Waals surface area contributed by atoms with Gasteiger partial charge in [-0.05, 0) is 56.8 Å². The molecule has 2 rings (SSSR count). The highest BCUT2D eigenvalue weighted by Gasteiger charge is 2.22. The van der Waals surface area contributed by atoms with Gasteiger partial charge in [0.1, 0.15) is 11.9 Å². The van der Waals surface area contributed by atoms with Crippen molar-refractivity contribution < 1.29 is 14.3 Å². The molecule has 3 atom stereocenters. The summed E-state index contributed by atoms with van der Waals surface area (Å²) in [6, 6.07) is 8.06. The van der Waals surface area contributed by atoms with Crippen molar-refractivity contribution in [3.63, 3.8) is 0 Å². The first-order chi connectivity index (χ1) is 12.0. The zero-order chi connectivity index (χ0) is 18.2. The van der Waals surface area contributed by atoms with Gasteiger partial charge in [0, 0.05) is 19.1 Å². The van der Waals surface area contributed by atoms with E-state index in [1.54, 1.807) is 14.0 Å². The molecule has 140 valence electrons. The van der Waals surface area contributed by atoms with Crippen molar-refractivity contribution in [3.8, 4) is 5.75 Å². The molecule has 0 spiro atoms. The van der Waals surface area contributed by atoms with Crippen LogP contribution in [-0.4, -0.2) is 49.7 Å². The first kappa shape index (κ1) is 19.7. The normalized spacial score (nSPS) is 20.7. The highest BCUT2D eigenvalue weighted by molar-refractivity contribution is 5.80. The van der Waals surface area contributed by atoms with Crippen LogP contribution in [0.25, 0.3) is 0 Å². The third-order valence-electron chi connectivity index (χ3n) is 4.89. The number of piperidine rings is 1. The molecule has 0 aliphatic carbocycles. The Morgan fingerprint density at radius 1 is 1.40 bits per heavy atom. The second kappa shape index (κ2) is 9.78. The number of ether oxygens (including phenoxy) is 2. The van der Waals surface area contributed by atoms with Gasteiger partial charge in [0.2, 0.25) is 5.91 Å². The van der Waals surface area contributed by atoms with Crippen LogP contribution in [0.3, 0.4) is 0 Å². The van der Waals surface area contributed by atoms with Gasteiger partial charge in [-0.2, -0.15) is 0 Å². The van der Waals surface area contributed by atoms with Gasteiger partial charge in [-0.3, -0.25) is 9.69 Å². The highest BCUT2D eigenvalue weighted by Crippen LogP contribution is 2.17. The number of nitrogens with one attached hydrogen (secondary N) is 1. The van der Waals surface area contributed by atoms with E-state index in [9.17, 15) is 4.79 Å². The van der Waals surface area contributed by atoms with E-state index in [0.717, 1.165) is 30.3 Å². The summed E-state index contributed by atoms with van der Waals surface area (Å²) in [7, 11) is 1.64. The van der Waals surface area contributed by atoms with Crippen molar-refractivity contribution in [3.05, 3.63) is 29.8 Å². The Balaban J connectivity index is 1.72. The summed E-state index contributed by atoms with van der Waals surface area (Å²) in [6.07, 6.45) is 2.09. The fraction of sp³-hybridized carbons (Fsp3) is 0.650. The Morgan fingerprint density at radius 3 is 2.92 bits per heavy atom. The Bertz CT molecular complexity index is 549. The lowest BCUT2D eigenvalue weighted by atomic mass is 9.99. The molecule has 5 nitrogen and oxygen atoms in total. The maximum Gasteiger partial charge on any atom is 0.248 e. The SMILES string of the molecule is COc1cccc(CO[C@H](C)C(=O)NC[C@H](C)N2CCC[C@H](C)C2)c1. The zero-order valence-corrected chi connectivity index (χ0v) is 16.0. The van der Waals surface area contributed by atoms with E-state index in [4.69, 9.17) is 9.47 Å². The molecule has 1 amide bonds. The predicted molar refractivity (Wildman–Crippen MR) is 99.7 cm³/mol. The third-order valence-corrected chi connectivity index (χ3v) is 4.89. The number of hydrogen-bond donors (Lipinski definition) is 1. The van der Waals surface area contributed by atoms with Crippen molar-refractivity contribution in [2.75, 3.05) is 26.7 Å². The second-order valence-corrected chi connectivity index (χ2v) is 7.14. The van der Waals surface area contributed by atoms with Crippen LogP contribution >= 0.6 is 0 Å². The molecule has 25 heavy (non-hydrogen) atoms. The van der Waals surface area contributed by atoms with Crippen molar-refractivity contribution in [1.29, 1.82) is 0 Å². The number of likely N-dealkylation sites (tertiary alicyclic amines) is 1. The summed E-state index contributed by atoms with van der Waals surface area (Å²) in [6.45, 7) is 9.58. The monoisotopic (exact) mass is 348 g/mol. The second-order valence-electron chi connectivity index (χ2n) is 7.14. The van der Waals surface area contributed by atoms with E-state index in [0.29, 0.717) is 19.2 Å². The molecule has 1 heterocycles. The molecule has 0 aromatic heterocycles. The van der Waals surface area contributed by atoms with Crippen LogP contribution in [0.2, 0.25) is 0 Å². The number of rotatable bonds is 8. The average molecular weight is 348 g/mol. The van der Waals surface area contributed by atoms with E-state index >= 15 is 0 Å². The molecule has 1 N–H and O–H groups in total. The molecule has 1 fully saturated rings. The Kier molecular flexibility index (Phi) is 7.72. The molecule has 1 aliphatic rings. The lowest BCUT2D eigenvalue weighted by molar-refractivity contribution is -0.132. The van der Waals surface area contributed by atoms with Gasteiger partial charge in [0.05, 0.1) is 13.7 Å². The van der Waals surface area contributed by atoms with Gasteiger partial charge < -0.3 is 14.8 Å². The molecular formula is C20H32N2O3. The minimum absolute atomic E-state index is 0.0557. The maximum atomic E-state index is 12.3. The standard InChI is InChI=1S/C20H32N2O3/c1-15-7-6-10-22(13-15)16(2)12-21-20(23)17(3)25-14-18-8-5-9-19(11-18)24-4/h5,8-9,11,15-17H,6-7,10,12-14H2,1-4H3,(H,21,23)/t15-,16-,17+/m0/s1. The Hall–Kier alpha value is -1.59. The van der Waals surface area contributed by atoms with E-state index in [-0.39, 0.29) is 5.91 Å². The lowest BCUT2D eigenvalue weighted by Gasteiger charge is -2.35. The van der Waals surface area contributed by atoms with Gasteiger partial charge in [0.15, 0.2) is 0 Å². The van der Waals surface area contributed by atoms with E-state index in [2.05, 4.69) is 24.1 Å². The van der Waals surface area contributed by atoms with Gasteiger partial charge in [0.25, 0.3) is 0 Å². The van der Waals surface area contributed by atoms with Crippen LogP contribution in [0.15, 0.2) is 24.3 Å². The van der Waals surface area contributed by atoms with Gasteiger partial charge in [-0.15, -0.1) is 0 Å². The number of carbonyl (C=O) groups excluding carboxylic acids is 1. The lowest BCUT2D eigenvalue weighted by Crippen LogP contribution is -2.47. The third kappa shape index (κ3) is 6.33. The molecule has 0 unspecified atom stereocenters. The van der Waals surface area contributed by atoms with Crippen LogP contribution in [0.5, 0.6) is 5.75 Å². The van der Waals surface area contributed by atoms with Crippen molar-refractivity contribution in [1.82, 2.24) is 10.2 Å². The van der Waals surface area contributed by atoms with Crippen molar-refractivity contribution in [2.24, 2.45) is 5.92 Å². The molecule has 1 saturated heterocycles. The first-order valence-corrected chi connectivity index (χ1v) is 9.26. The maximum absolute atomic E-state index is 12.3. The summed E-state index contributed by atoms with van der Waals surface area (Å²) >= 11 is 0. The van der Waals surface area contributed by atoms with E-state index in [1.165, 1.54) is 12.8 Å². The van der Waals surface area contributed by atoms with Crippen LogP contribution in [0, 0.1) is 5.92 Å². The largest absolute Gasteiger partial charge is 0.497 e. The molecular weight excluding hydrogens is 316 g/mol. The predicted octanol–water partition coefficient (Wildman–Crippen LogP) is 2.84. The Morgan fingerprint density at radius 2 is 2.20 bits per heavy atom. The molecule has 1 aliphatic heterocycles. The summed E-state index contributed by atoms with van der Waals surface area (Å²) < 4.78 is 10.9. The van der Waals surface area contributed by atoms with Crippen molar-refractivity contribution in [2.45, 2.75) is 52.4 Å². The first-order valence-electron chi connectivity index (χ1n) is 9.26. The van der Waals surface area contributed by atoms with Gasteiger partial charge in [-0.1, -0.05) is 19.1 Å². The number of methoxy groups -OCH3 is 1. The molecule has 0 bridgehead atoms. The number of benzene rings is 1. The van der Waals surface area contributed by atoms with E-state index in [1.807, 2.05) is 24.3 Å². The quantitative estimate of drug-likeness (QED) is 0.785. The van der Waals surface area contributed by atoms with E-state index < -0.39 is 6.10 Å². The molecule has 5 heteroatoms. The van der Waals surface area contributed by atoms with Gasteiger partial charge >= 0.3 is 0 Å². The summed E-state index contributed by atoms with van der Waals surface area (Å²) in [5.41, 5.74) is 0.995. The van der Waals surface area contributed by atoms with Gasteiger partial charge in [-0.25, -0.2) is 0 Å². The van der Waals surface area contributed by atoms with Crippen LogP contribution < -0.4 is 10.1 Å². The molecule has 0 saturated carbocycles. The Labute approximate surface area is 151 Å². The summed E-state index contributed by atoms with van der Waals surface area (Å²) in [4.78, 5) is 14.7. The highest BCUT2D eigenvalue weighted by atomic mass is 16.5. The van der Waals surface area contributed by atoms with Crippen LogP contribution in [-0.2, 0) is 16.1 Å². The van der Waals surface area contributed by atoms with Crippen LogP contribution in [0.1, 0.15) is 39.2 Å². The number of nitrogens with zero attached hydrogens (tertiary/aromatic N) is 1. The molecule has 1 aromatic rings. The fourth-order valence-electron chi connectivity index (χ4n) is 3.21. The molecule has 0 radical (unpaired) electrons. The number of amides is 1.